The second kappa shape index (κ2) is 2.69. The SMILES string of the molecule is CC1(C)C(C)(C)C12C(=O)Nc1ccc(Cl)cc12. The van der Waals surface area contributed by atoms with Gasteiger partial charge in [0.05, 0.1) is 5.41 Å². The van der Waals surface area contributed by atoms with Crippen LogP contribution >= 0.6 is 11.6 Å². The van der Waals surface area contributed by atoms with Crippen LogP contribution in [-0.4, -0.2) is 5.91 Å². The fraction of sp³-hybridized carbons (Fsp3) is 0.500. The van der Waals surface area contributed by atoms with Crippen LogP contribution in [0.5, 0.6) is 0 Å². The maximum atomic E-state index is 12.4. The van der Waals surface area contributed by atoms with E-state index >= 15 is 0 Å². The Balaban J connectivity index is 2.30. The van der Waals surface area contributed by atoms with Gasteiger partial charge in [-0.15, -0.1) is 0 Å². The molecule has 1 amide bonds. The van der Waals surface area contributed by atoms with E-state index in [1.165, 1.54) is 0 Å². The van der Waals surface area contributed by atoms with Crippen molar-refractivity contribution in [3.8, 4) is 0 Å². The summed E-state index contributed by atoms with van der Waals surface area (Å²) in [6.45, 7) is 8.62. The van der Waals surface area contributed by atoms with Gasteiger partial charge in [-0.1, -0.05) is 39.3 Å². The lowest BCUT2D eigenvalue weighted by Gasteiger charge is -2.12. The number of hydrogen-bond acceptors (Lipinski definition) is 1. The van der Waals surface area contributed by atoms with Crippen LogP contribution in [0.1, 0.15) is 33.3 Å². The summed E-state index contributed by atoms with van der Waals surface area (Å²) in [6, 6.07) is 5.65. The molecule has 2 nitrogen and oxygen atoms in total. The van der Waals surface area contributed by atoms with Gasteiger partial charge >= 0.3 is 0 Å². The quantitative estimate of drug-likeness (QED) is 0.748. The highest BCUT2D eigenvalue weighted by molar-refractivity contribution is 6.31. The Morgan fingerprint density at radius 1 is 1.12 bits per heavy atom. The van der Waals surface area contributed by atoms with E-state index in [4.69, 9.17) is 11.6 Å². The van der Waals surface area contributed by atoms with Gasteiger partial charge in [0, 0.05) is 10.7 Å². The van der Waals surface area contributed by atoms with Crippen LogP contribution in [0, 0.1) is 10.8 Å². The lowest BCUT2D eigenvalue weighted by molar-refractivity contribution is -0.119. The molecule has 0 aromatic heterocycles. The summed E-state index contributed by atoms with van der Waals surface area (Å²) in [4.78, 5) is 12.4. The molecule has 1 aliphatic heterocycles. The van der Waals surface area contributed by atoms with Crippen molar-refractivity contribution >= 4 is 23.2 Å². The number of carbonyl (C=O) groups excluding carboxylic acids is 1. The second-order valence-corrected chi connectivity index (χ2v) is 6.58. The van der Waals surface area contributed by atoms with E-state index in [-0.39, 0.29) is 16.7 Å². The summed E-state index contributed by atoms with van der Waals surface area (Å²) in [7, 11) is 0. The minimum absolute atomic E-state index is 0.0417. The van der Waals surface area contributed by atoms with E-state index in [0.29, 0.717) is 5.02 Å². The summed E-state index contributed by atoms with van der Waals surface area (Å²) in [5, 5.41) is 3.68. The van der Waals surface area contributed by atoms with Crippen LogP contribution in [0.4, 0.5) is 5.69 Å². The van der Waals surface area contributed by atoms with Crippen LogP contribution in [0.2, 0.25) is 5.02 Å². The first-order valence-corrected chi connectivity index (χ1v) is 6.26. The first kappa shape index (κ1) is 11.1. The smallest absolute Gasteiger partial charge is 0.236 e. The summed E-state index contributed by atoms with van der Waals surface area (Å²) in [5.74, 6) is 0.116. The molecule has 0 saturated heterocycles. The van der Waals surface area contributed by atoms with E-state index in [1.54, 1.807) is 0 Å². The van der Waals surface area contributed by atoms with Crippen molar-refractivity contribution in [3.05, 3.63) is 28.8 Å². The average molecular weight is 250 g/mol. The first-order valence-electron chi connectivity index (χ1n) is 5.88. The Morgan fingerprint density at radius 2 is 1.71 bits per heavy atom. The Bertz CT molecular complexity index is 531. The molecule has 1 saturated carbocycles. The van der Waals surface area contributed by atoms with Gasteiger partial charge in [0.2, 0.25) is 5.91 Å². The van der Waals surface area contributed by atoms with E-state index in [2.05, 4.69) is 33.0 Å². The number of anilines is 1. The minimum Gasteiger partial charge on any atom is -0.325 e. The van der Waals surface area contributed by atoms with Crippen molar-refractivity contribution < 1.29 is 4.79 Å². The van der Waals surface area contributed by atoms with Crippen molar-refractivity contribution in [2.75, 3.05) is 5.32 Å². The fourth-order valence-electron chi connectivity index (χ4n) is 3.83. The molecule has 1 N–H and O–H groups in total. The Hall–Kier alpha value is -1.02. The van der Waals surface area contributed by atoms with Gasteiger partial charge in [-0.05, 0) is 34.6 Å². The van der Waals surface area contributed by atoms with Crippen molar-refractivity contribution in [3.63, 3.8) is 0 Å². The highest BCUT2D eigenvalue weighted by atomic mass is 35.5. The third-order valence-corrected chi connectivity index (χ3v) is 5.58. The normalized spacial score (nSPS) is 25.6. The Kier molecular flexibility index (Phi) is 1.76. The molecule has 90 valence electrons. The molecule has 0 atom stereocenters. The van der Waals surface area contributed by atoms with Gasteiger partial charge in [0.1, 0.15) is 0 Å². The zero-order chi connectivity index (χ0) is 12.6. The molecule has 0 radical (unpaired) electrons. The maximum Gasteiger partial charge on any atom is 0.236 e. The maximum absolute atomic E-state index is 12.4. The molecule has 1 aromatic rings. The predicted molar refractivity (Wildman–Crippen MR) is 69.3 cm³/mol. The number of amides is 1. The van der Waals surface area contributed by atoms with Crippen molar-refractivity contribution in [1.82, 2.24) is 0 Å². The summed E-state index contributed by atoms with van der Waals surface area (Å²) < 4.78 is 0. The van der Waals surface area contributed by atoms with Gasteiger partial charge in [0.15, 0.2) is 0 Å². The van der Waals surface area contributed by atoms with Gasteiger partial charge in [-0.3, -0.25) is 4.79 Å². The third-order valence-electron chi connectivity index (χ3n) is 5.35. The van der Waals surface area contributed by atoms with E-state index in [0.717, 1.165) is 11.3 Å². The zero-order valence-electron chi connectivity index (χ0n) is 10.5. The zero-order valence-corrected chi connectivity index (χ0v) is 11.3. The van der Waals surface area contributed by atoms with Crippen LogP contribution in [0.3, 0.4) is 0 Å². The van der Waals surface area contributed by atoms with Crippen LogP contribution in [-0.2, 0) is 10.2 Å². The molecule has 1 aliphatic carbocycles. The standard InChI is InChI=1S/C14H16ClNO/c1-12(2)13(3,4)14(12)9-7-8(15)5-6-10(9)16-11(14)17/h5-7H,1-4H3,(H,16,17). The number of hydrogen-bond donors (Lipinski definition) is 1. The van der Waals surface area contributed by atoms with Gasteiger partial charge in [0.25, 0.3) is 0 Å². The lowest BCUT2D eigenvalue weighted by atomic mass is 9.87. The summed E-state index contributed by atoms with van der Waals surface area (Å²) in [5.41, 5.74) is 1.48. The van der Waals surface area contributed by atoms with Crippen LogP contribution < -0.4 is 5.32 Å². The molecule has 1 aromatic carbocycles. The van der Waals surface area contributed by atoms with Crippen LogP contribution in [0.25, 0.3) is 0 Å². The molecule has 1 spiro atoms. The largest absolute Gasteiger partial charge is 0.325 e. The van der Waals surface area contributed by atoms with Gasteiger partial charge in [-0.25, -0.2) is 0 Å². The van der Waals surface area contributed by atoms with Crippen LogP contribution in [0.15, 0.2) is 18.2 Å². The monoisotopic (exact) mass is 249 g/mol. The fourth-order valence-corrected chi connectivity index (χ4v) is 4.00. The first-order chi connectivity index (χ1) is 7.76. The number of rotatable bonds is 0. The number of carbonyl (C=O) groups is 1. The Labute approximate surface area is 106 Å². The average Bonchev–Trinajstić information content (AvgIpc) is 2.49. The van der Waals surface area contributed by atoms with Crippen molar-refractivity contribution in [1.29, 1.82) is 0 Å². The van der Waals surface area contributed by atoms with E-state index in [9.17, 15) is 4.79 Å². The topological polar surface area (TPSA) is 29.1 Å². The highest BCUT2D eigenvalue weighted by Crippen LogP contribution is 2.80. The van der Waals surface area contributed by atoms with Crippen molar-refractivity contribution in [2.45, 2.75) is 33.1 Å². The minimum atomic E-state index is -0.416. The molecule has 17 heavy (non-hydrogen) atoms. The molecule has 2 aliphatic rings. The summed E-state index contributed by atoms with van der Waals surface area (Å²) in [6.07, 6.45) is 0. The van der Waals surface area contributed by atoms with E-state index < -0.39 is 5.41 Å². The second-order valence-electron chi connectivity index (χ2n) is 6.14. The third kappa shape index (κ3) is 0.899. The lowest BCUT2D eigenvalue weighted by Crippen LogP contribution is -2.26. The van der Waals surface area contributed by atoms with Gasteiger partial charge < -0.3 is 5.32 Å². The Morgan fingerprint density at radius 3 is 2.24 bits per heavy atom. The highest BCUT2D eigenvalue weighted by Gasteiger charge is 2.83. The number of fused-ring (bicyclic) bond motifs is 2. The molecule has 1 fully saturated rings. The van der Waals surface area contributed by atoms with Crippen molar-refractivity contribution in [2.24, 2.45) is 10.8 Å². The molecular formula is C14H16ClNO. The van der Waals surface area contributed by atoms with Gasteiger partial charge in [-0.2, -0.15) is 0 Å². The number of benzene rings is 1. The molecule has 1 heterocycles. The number of nitrogens with one attached hydrogen (secondary N) is 1. The molecule has 3 rings (SSSR count). The molecular weight excluding hydrogens is 234 g/mol. The molecule has 0 unspecified atom stereocenters. The van der Waals surface area contributed by atoms with E-state index in [1.807, 2.05) is 18.2 Å². The molecule has 0 bridgehead atoms. The molecule has 3 heteroatoms. The number of halogens is 1. The summed E-state index contributed by atoms with van der Waals surface area (Å²) >= 11 is 6.07. The predicted octanol–water partition coefficient (Wildman–Crippen LogP) is 3.60.